The van der Waals surface area contributed by atoms with Crippen LogP contribution >= 0.6 is 0 Å². The second kappa shape index (κ2) is 6.33. The summed E-state index contributed by atoms with van der Waals surface area (Å²) < 4.78 is 10.8. The van der Waals surface area contributed by atoms with E-state index in [4.69, 9.17) is 15.0 Å². The fourth-order valence-corrected chi connectivity index (χ4v) is 1.68. The summed E-state index contributed by atoms with van der Waals surface area (Å²) in [6.07, 6.45) is 1.74. The largest absolute Gasteiger partial charge is 0.491 e. The van der Waals surface area contributed by atoms with E-state index in [0.717, 1.165) is 24.2 Å². The number of rotatable bonds is 6. The number of aryl methyl sites for hydroxylation is 1. The minimum Gasteiger partial charge on any atom is -0.491 e. The summed E-state index contributed by atoms with van der Waals surface area (Å²) in [5.41, 5.74) is 6.36. The number of aromatic nitrogens is 2. The molecule has 0 atom stereocenters. The smallest absolute Gasteiger partial charge is 0.227 e. The second-order valence-corrected chi connectivity index (χ2v) is 4.59. The van der Waals surface area contributed by atoms with Gasteiger partial charge in [0.15, 0.2) is 0 Å². The van der Waals surface area contributed by atoms with Gasteiger partial charge in [0.1, 0.15) is 5.75 Å². The van der Waals surface area contributed by atoms with Crippen molar-refractivity contribution in [2.45, 2.75) is 32.8 Å². The van der Waals surface area contributed by atoms with Gasteiger partial charge in [-0.2, -0.15) is 4.98 Å². The lowest BCUT2D eigenvalue weighted by Gasteiger charge is -2.09. The minimum absolute atomic E-state index is 0.166. The van der Waals surface area contributed by atoms with E-state index in [2.05, 4.69) is 10.1 Å². The zero-order chi connectivity index (χ0) is 13.7. The summed E-state index contributed by atoms with van der Waals surface area (Å²) in [5.74, 6) is 2.07. The fraction of sp³-hybridized carbons (Fsp3) is 0.429. The van der Waals surface area contributed by atoms with E-state index in [1.165, 1.54) is 0 Å². The van der Waals surface area contributed by atoms with E-state index in [-0.39, 0.29) is 6.10 Å². The van der Waals surface area contributed by atoms with Gasteiger partial charge in [-0.05, 0) is 51.1 Å². The first-order valence-corrected chi connectivity index (χ1v) is 6.49. The molecule has 0 radical (unpaired) electrons. The van der Waals surface area contributed by atoms with Gasteiger partial charge >= 0.3 is 0 Å². The Bertz CT molecular complexity index is 506. The maximum atomic E-state index is 5.59. The first kappa shape index (κ1) is 13.5. The standard InChI is InChI=1S/C14H19N3O2/c1-10(2)18-12-7-5-11(6-8-12)14-16-13(19-17-14)4-3-9-15/h5-8,10H,3-4,9,15H2,1-2H3. The van der Waals surface area contributed by atoms with Gasteiger partial charge in [0.05, 0.1) is 6.10 Å². The Hall–Kier alpha value is -1.88. The van der Waals surface area contributed by atoms with E-state index in [0.29, 0.717) is 18.3 Å². The van der Waals surface area contributed by atoms with Crippen molar-refractivity contribution in [2.75, 3.05) is 6.54 Å². The lowest BCUT2D eigenvalue weighted by Crippen LogP contribution is -2.05. The van der Waals surface area contributed by atoms with E-state index in [1.807, 2.05) is 38.1 Å². The Morgan fingerprint density at radius 3 is 2.63 bits per heavy atom. The van der Waals surface area contributed by atoms with Gasteiger partial charge in [-0.1, -0.05) is 5.16 Å². The number of nitrogens with zero attached hydrogens (tertiary/aromatic N) is 2. The van der Waals surface area contributed by atoms with Crippen molar-refractivity contribution >= 4 is 0 Å². The summed E-state index contributed by atoms with van der Waals surface area (Å²) in [7, 11) is 0. The van der Waals surface area contributed by atoms with Crippen LogP contribution < -0.4 is 10.5 Å². The number of nitrogens with two attached hydrogens (primary N) is 1. The molecule has 2 N–H and O–H groups in total. The predicted molar refractivity (Wildman–Crippen MR) is 72.9 cm³/mol. The van der Waals surface area contributed by atoms with Gasteiger partial charge in [-0.3, -0.25) is 0 Å². The molecule has 0 unspecified atom stereocenters. The van der Waals surface area contributed by atoms with Crippen LogP contribution in [-0.2, 0) is 6.42 Å². The highest BCUT2D eigenvalue weighted by atomic mass is 16.5. The van der Waals surface area contributed by atoms with Gasteiger partial charge in [0.25, 0.3) is 0 Å². The van der Waals surface area contributed by atoms with Crippen LogP contribution in [0.3, 0.4) is 0 Å². The van der Waals surface area contributed by atoms with E-state index < -0.39 is 0 Å². The maximum Gasteiger partial charge on any atom is 0.227 e. The van der Waals surface area contributed by atoms with Crippen LogP contribution in [0.15, 0.2) is 28.8 Å². The highest BCUT2D eigenvalue weighted by Crippen LogP contribution is 2.20. The van der Waals surface area contributed by atoms with Gasteiger partial charge in [0.2, 0.25) is 11.7 Å². The molecule has 0 aliphatic carbocycles. The molecular formula is C14H19N3O2. The molecule has 0 aliphatic rings. The van der Waals surface area contributed by atoms with Crippen LogP contribution in [0.1, 0.15) is 26.2 Å². The first-order chi connectivity index (χ1) is 9.19. The summed E-state index contributed by atoms with van der Waals surface area (Å²) in [5, 5.41) is 3.96. The van der Waals surface area contributed by atoms with Crippen molar-refractivity contribution in [3.05, 3.63) is 30.2 Å². The molecule has 1 aromatic carbocycles. The molecule has 5 heteroatoms. The van der Waals surface area contributed by atoms with Crippen LogP contribution in [-0.4, -0.2) is 22.8 Å². The molecule has 102 valence electrons. The third-order valence-corrected chi connectivity index (χ3v) is 2.55. The first-order valence-electron chi connectivity index (χ1n) is 6.49. The normalized spacial score (nSPS) is 10.9. The number of hydrogen-bond acceptors (Lipinski definition) is 5. The number of ether oxygens (including phenoxy) is 1. The van der Waals surface area contributed by atoms with Crippen molar-refractivity contribution in [3.8, 4) is 17.1 Å². The molecule has 0 bridgehead atoms. The molecular weight excluding hydrogens is 242 g/mol. The van der Waals surface area contributed by atoms with Crippen molar-refractivity contribution < 1.29 is 9.26 Å². The molecule has 0 fully saturated rings. The highest BCUT2D eigenvalue weighted by molar-refractivity contribution is 5.55. The minimum atomic E-state index is 0.166. The van der Waals surface area contributed by atoms with E-state index >= 15 is 0 Å². The Balaban J connectivity index is 2.07. The lowest BCUT2D eigenvalue weighted by atomic mass is 10.2. The summed E-state index contributed by atoms with van der Waals surface area (Å²) >= 11 is 0. The SMILES string of the molecule is CC(C)Oc1ccc(-c2noc(CCCN)n2)cc1. The quantitative estimate of drug-likeness (QED) is 0.864. The average Bonchev–Trinajstić information content (AvgIpc) is 2.85. The van der Waals surface area contributed by atoms with Gasteiger partial charge < -0.3 is 15.0 Å². The van der Waals surface area contributed by atoms with Crippen molar-refractivity contribution in [2.24, 2.45) is 5.73 Å². The third-order valence-electron chi connectivity index (χ3n) is 2.55. The maximum absolute atomic E-state index is 5.59. The van der Waals surface area contributed by atoms with Crippen LogP contribution in [0, 0.1) is 0 Å². The molecule has 1 aromatic heterocycles. The zero-order valence-corrected chi connectivity index (χ0v) is 11.3. The highest BCUT2D eigenvalue weighted by Gasteiger charge is 2.08. The average molecular weight is 261 g/mol. The summed E-state index contributed by atoms with van der Waals surface area (Å²) in [6.45, 7) is 4.62. The monoisotopic (exact) mass is 261 g/mol. The number of hydrogen-bond donors (Lipinski definition) is 1. The number of benzene rings is 1. The molecule has 2 aromatic rings. The fourth-order valence-electron chi connectivity index (χ4n) is 1.68. The zero-order valence-electron chi connectivity index (χ0n) is 11.3. The lowest BCUT2D eigenvalue weighted by molar-refractivity contribution is 0.242. The third kappa shape index (κ3) is 3.79. The molecule has 5 nitrogen and oxygen atoms in total. The molecule has 0 amide bonds. The predicted octanol–water partition coefficient (Wildman–Crippen LogP) is 2.42. The van der Waals surface area contributed by atoms with Gasteiger partial charge in [0, 0.05) is 12.0 Å². The van der Waals surface area contributed by atoms with Crippen molar-refractivity contribution in [3.63, 3.8) is 0 Å². The van der Waals surface area contributed by atoms with Crippen LogP contribution in [0.25, 0.3) is 11.4 Å². The Kier molecular flexibility index (Phi) is 4.52. The Morgan fingerprint density at radius 2 is 2.00 bits per heavy atom. The van der Waals surface area contributed by atoms with Gasteiger partial charge in [-0.25, -0.2) is 0 Å². The summed E-state index contributed by atoms with van der Waals surface area (Å²) in [4.78, 5) is 4.33. The Morgan fingerprint density at radius 1 is 1.26 bits per heavy atom. The molecule has 0 saturated carbocycles. The van der Waals surface area contributed by atoms with Gasteiger partial charge in [-0.15, -0.1) is 0 Å². The molecule has 0 aliphatic heterocycles. The molecule has 1 heterocycles. The van der Waals surface area contributed by atoms with Crippen LogP contribution in [0.5, 0.6) is 5.75 Å². The summed E-state index contributed by atoms with van der Waals surface area (Å²) in [6, 6.07) is 7.67. The van der Waals surface area contributed by atoms with Crippen molar-refractivity contribution in [1.82, 2.24) is 10.1 Å². The van der Waals surface area contributed by atoms with E-state index in [1.54, 1.807) is 0 Å². The molecule has 19 heavy (non-hydrogen) atoms. The molecule has 0 saturated heterocycles. The Labute approximate surface area is 112 Å². The van der Waals surface area contributed by atoms with Crippen LogP contribution in [0.2, 0.25) is 0 Å². The molecule has 2 rings (SSSR count). The molecule has 0 spiro atoms. The van der Waals surface area contributed by atoms with E-state index in [9.17, 15) is 0 Å². The second-order valence-electron chi connectivity index (χ2n) is 4.59. The topological polar surface area (TPSA) is 74.2 Å². The van der Waals surface area contributed by atoms with Crippen LogP contribution in [0.4, 0.5) is 0 Å². The van der Waals surface area contributed by atoms with Crippen molar-refractivity contribution in [1.29, 1.82) is 0 Å².